The molecule has 0 heterocycles. The fourth-order valence-electron chi connectivity index (χ4n) is 1.65. The molecule has 0 spiro atoms. The van der Waals surface area contributed by atoms with Crippen LogP contribution in [0.25, 0.3) is 0 Å². The predicted octanol–water partition coefficient (Wildman–Crippen LogP) is 3.61. The van der Waals surface area contributed by atoms with Gasteiger partial charge in [0.05, 0.1) is 6.10 Å². The summed E-state index contributed by atoms with van der Waals surface area (Å²) in [6.07, 6.45) is 4.18. The van der Waals surface area contributed by atoms with Crippen molar-refractivity contribution in [3.8, 4) is 0 Å². The van der Waals surface area contributed by atoms with Gasteiger partial charge in [-0.1, -0.05) is 47.5 Å². The number of aliphatic hydroxyl groups is 1. The van der Waals surface area contributed by atoms with Crippen LogP contribution in [0, 0.1) is 11.3 Å². The molecule has 0 saturated carbocycles. The summed E-state index contributed by atoms with van der Waals surface area (Å²) in [5.41, 5.74) is 0.354. The van der Waals surface area contributed by atoms with Crippen LogP contribution < -0.4 is 0 Å². The lowest BCUT2D eigenvalue weighted by molar-refractivity contribution is 0.0819. The maximum atomic E-state index is 9.87. The third kappa shape index (κ3) is 6.09. The van der Waals surface area contributed by atoms with Gasteiger partial charge in [-0.05, 0) is 24.2 Å². The molecule has 0 aromatic carbocycles. The summed E-state index contributed by atoms with van der Waals surface area (Å²) in [6.45, 7) is 11.0. The molecule has 1 nitrogen and oxygen atoms in total. The Morgan fingerprint density at radius 3 is 1.85 bits per heavy atom. The summed E-state index contributed by atoms with van der Waals surface area (Å²) in [6, 6.07) is 0. The lowest BCUT2D eigenvalue weighted by Gasteiger charge is -2.24. The molecule has 0 aliphatic carbocycles. The van der Waals surface area contributed by atoms with Crippen molar-refractivity contribution in [3.63, 3.8) is 0 Å². The second kappa shape index (κ2) is 5.64. The molecule has 0 rings (SSSR count). The molecule has 13 heavy (non-hydrogen) atoms. The molecular formula is C12H26O. The third-order valence-corrected chi connectivity index (χ3v) is 2.78. The van der Waals surface area contributed by atoms with Gasteiger partial charge < -0.3 is 5.11 Å². The zero-order valence-corrected chi connectivity index (χ0v) is 9.93. The number of aliphatic hydroxyl groups excluding tert-OH is 1. The maximum Gasteiger partial charge on any atom is 0.0568 e. The molecule has 0 aromatic heterocycles. The number of hydrogen-bond donors (Lipinski definition) is 1. The third-order valence-electron chi connectivity index (χ3n) is 2.78. The molecule has 1 heteroatoms. The number of hydrogen-bond acceptors (Lipinski definition) is 1. The molecule has 1 N–H and O–H groups in total. The standard InChI is InChI=1S/C12H26O/c1-6-10(7-2)11(13)8-9-12(3,4)5/h10-11,13H,6-9H2,1-5H3. The first-order chi connectivity index (χ1) is 5.90. The van der Waals surface area contributed by atoms with Gasteiger partial charge in [-0.25, -0.2) is 0 Å². The van der Waals surface area contributed by atoms with E-state index in [2.05, 4.69) is 34.6 Å². The average molecular weight is 186 g/mol. The van der Waals surface area contributed by atoms with Crippen molar-refractivity contribution in [1.29, 1.82) is 0 Å². The maximum absolute atomic E-state index is 9.87. The van der Waals surface area contributed by atoms with Crippen molar-refractivity contribution in [2.24, 2.45) is 11.3 Å². The summed E-state index contributed by atoms with van der Waals surface area (Å²) in [5, 5.41) is 9.87. The van der Waals surface area contributed by atoms with E-state index in [1.54, 1.807) is 0 Å². The fourth-order valence-corrected chi connectivity index (χ4v) is 1.65. The highest BCUT2D eigenvalue weighted by Gasteiger charge is 2.18. The first-order valence-electron chi connectivity index (χ1n) is 5.58. The second-order valence-electron chi connectivity index (χ2n) is 5.24. The van der Waals surface area contributed by atoms with E-state index < -0.39 is 0 Å². The topological polar surface area (TPSA) is 20.2 Å². The van der Waals surface area contributed by atoms with Crippen LogP contribution in [0.5, 0.6) is 0 Å². The lowest BCUT2D eigenvalue weighted by Crippen LogP contribution is -2.21. The van der Waals surface area contributed by atoms with Gasteiger partial charge >= 0.3 is 0 Å². The summed E-state index contributed by atoms with van der Waals surface area (Å²) < 4.78 is 0. The second-order valence-corrected chi connectivity index (χ2v) is 5.24. The molecule has 0 radical (unpaired) electrons. The zero-order valence-electron chi connectivity index (χ0n) is 9.93. The molecule has 0 aliphatic rings. The van der Waals surface area contributed by atoms with Crippen LogP contribution in [0.3, 0.4) is 0 Å². The Hall–Kier alpha value is -0.0400. The largest absolute Gasteiger partial charge is 0.393 e. The van der Waals surface area contributed by atoms with Crippen molar-refractivity contribution in [3.05, 3.63) is 0 Å². The highest BCUT2D eigenvalue weighted by molar-refractivity contribution is 4.70. The van der Waals surface area contributed by atoms with E-state index in [-0.39, 0.29) is 6.10 Å². The lowest BCUT2D eigenvalue weighted by atomic mass is 9.85. The normalized spacial score (nSPS) is 15.0. The van der Waals surface area contributed by atoms with E-state index in [0.717, 1.165) is 25.7 Å². The smallest absolute Gasteiger partial charge is 0.0568 e. The molecule has 0 aliphatic heterocycles. The van der Waals surface area contributed by atoms with Crippen molar-refractivity contribution in [1.82, 2.24) is 0 Å². The molecule has 0 fully saturated rings. The van der Waals surface area contributed by atoms with E-state index in [4.69, 9.17) is 0 Å². The Bertz CT molecular complexity index is 120. The Morgan fingerprint density at radius 2 is 1.54 bits per heavy atom. The summed E-state index contributed by atoms with van der Waals surface area (Å²) in [7, 11) is 0. The van der Waals surface area contributed by atoms with E-state index >= 15 is 0 Å². The number of rotatable bonds is 5. The summed E-state index contributed by atoms with van der Waals surface area (Å²) >= 11 is 0. The SMILES string of the molecule is CCC(CC)C(O)CCC(C)(C)C. The van der Waals surface area contributed by atoms with E-state index in [9.17, 15) is 5.11 Å². The van der Waals surface area contributed by atoms with Crippen molar-refractivity contribution in [2.75, 3.05) is 0 Å². The summed E-state index contributed by atoms with van der Waals surface area (Å²) in [4.78, 5) is 0. The molecule has 1 atom stereocenters. The Labute approximate surface area is 83.5 Å². The first kappa shape index (κ1) is 13.0. The van der Waals surface area contributed by atoms with E-state index in [1.807, 2.05) is 0 Å². The van der Waals surface area contributed by atoms with Gasteiger partial charge in [0.25, 0.3) is 0 Å². The highest BCUT2D eigenvalue weighted by atomic mass is 16.3. The van der Waals surface area contributed by atoms with Gasteiger partial charge in [-0.3, -0.25) is 0 Å². The van der Waals surface area contributed by atoms with Crippen molar-refractivity contribution in [2.45, 2.75) is 66.4 Å². The van der Waals surface area contributed by atoms with Crippen LogP contribution >= 0.6 is 0 Å². The zero-order chi connectivity index (χ0) is 10.5. The van der Waals surface area contributed by atoms with Crippen molar-refractivity contribution < 1.29 is 5.11 Å². The van der Waals surface area contributed by atoms with Crippen LogP contribution in [0.1, 0.15) is 60.3 Å². The van der Waals surface area contributed by atoms with Gasteiger partial charge in [0.1, 0.15) is 0 Å². The van der Waals surface area contributed by atoms with Crippen LogP contribution in [-0.4, -0.2) is 11.2 Å². The monoisotopic (exact) mass is 186 g/mol. The van der Waals surface area contributed by atoms with E-state index in [0.29, 0.717) is 11.3 Å². The van der Waals surface area contributed by atoms with Gasteiger partial charge in [0, 0.05) is 0 Å². The minimum Gasteiger partial charge on any atom is -0.393 e. The average Bonchev–Trinajstić information content (AvgIpc) is 2.02. The molecule has 0 bridgehead atoms. The van der Waals surface area contributed by atoms with Crippen molar-refractivity contribution >= 4 is 0 Å². The summed E-state index contributed by atoms with van der Waals surface area (Å²) in [5.74, 6) is 0.502. The first-order valence-corrected chi connectivity index (χ1v) is 5.58. The minimum absolute atomic E-state index is 0.0887. The minimum atomic E-state index is -0.0887. The van der Waals surface area contributed by atoms with Crippen LogP contribution in [0.15, 0.2) is 0 Å². The van der Waals surface area contributed by atoms with Gasteiger partial charge in [0.2, 0.25) is 0 Å². The van der Waals surface area contributed by atoms with E-state index in [1.165, 1.54) is 0 Å². The van der Waals surface area contributed by atoms with Crippen LogP contribution in [0.4, 0.5) is 0 Å². The van der Waals surface area contributed by atoms with Gasteiger partial charge in [-0.15, -0.1) is 0 Å². The van der Waals surface area contributed by atoms with Crippen LogP contribution in [0.2, 0.25) is 0 Å². The van der Waals surface area contributed by atoms with Gasteiger partial charge in [-0.2, -0.15) is 0 Å². The molecule has 1 unspecified atom stereocenters. The Balaban J connectivity index is 3.78. The molecular weight excluding hydrogens is 160 g/mol. The van der Waals surface area contributed by atoms with Crippen LogP contribution in [-0.2, 0) is 0 Å². The Morgan fingerprint density at radius 1 is 1.08 bits per heavy atom. The predicted molar refractivity (Wildman–Crippen MR) is 58.8 cm³/mol. The molecule has 80 valence electrons. The Kier molecular flexibility index (Phi) is 5.62. The quantitative estimate of drug-likeness (QED) is 0.695. The van der Waals surface area contributed by atoms with Gasteiger partial charge in [0.15, 0.2) is 0 Å². The molecule has 0 saturated heterocycles. The molecule has 0 aromatic rings. The highest BCUT2D eigenvalue weighted by Crippen LogP contribution is 2.25. The molecule has 0 amide bonds. The fraction of sp³-hybridized carbons (Fsp3) is 1.00.